The number of para-hydroxylation sites is 2. The summed E-state index contributed by atoms with van der Waals surface area (Å²) in [6, 6.07) is 23.0. The number of nitriles is 1. The zero-order chi connectivity index (χ0) is 21.7. The zero-order valence-corrected chi connectivity index (χ0v) is 17.2. The molecule has 3 aromatic rings. The standard InChI is InChI=1S/C25H23N3O2/c1-25(2,3)20-12-5-7-14-22(20)28-24(30)18-11-8-10-17(15-18)23(29)27-21-13-6-4-9-19(21)16-26/h4-15H,1-3H3,(H,27,29)(H,28,30). The van der Waals surface area contributed by atoms with Crippen LogP contribution in [0.25, 0.3) is 0 Å². The van der Waals surface area contributed by atoms with Gasteiger partial charge in [-0.25, -0.2) is 0 Å². The summed E-state index contributed by atoms with van der Waals surface area (Å²) in [5.74, 6) is -0.679. The Kier molecular flexibility index (Phi) is 5.98. The van der Waals surface area contributed by atoms with Crippen molar-refractivity contribution in [2.75, 3.05) is 10.6 Å². The van der Waals surface area contributed by atoms with Gasteiger partial charge in [0.05, 0.1) is 11.3 Å². The Hall–Kier alpha value is -3.91. The topological polar surface area (TPSA) is 82.0 Å². The first kappa shape index (κ1) is 20.8. The Balaban J connectivity index is 1.81. The van der Waals surface area contributed by atoms with Gasteiger partial charge in [0, 0.05) is 16.8 Å². The highest BCUT2D eigenvalue weighted by Crippen LogP contribution is 2.29. The lowest BCUT2D eigenvalue weighted by Gasteiger charge is -2.23. The third-order valence-electron chi connectivity index (χ3n) is 4.67. The molecule has 0 aromatic heterocycles. The molecule has 0 fully saturated rings. The Labute approximate surface area is 176 Å². The number of carbonyl (C=O) groups is 2. The number of rotatable bonds is 4. The van der Waals surface area contributed by atoms with E-state index in [1.54, 1.807) is 48.5 Å². The van der Waals surface area contributed by atoms with Gasteiger partial charge in [0.15, 0.2) is 0 Å². The summed E-state index contributed by atoms with van der Waals surface area (Å²) in [4.78, 5) is 25.5. The van der Waals surface area contributed by atoms with Crippen LogP contribution in [0.2, 0.25) is 0 Å². The van der Waals surface area contributed by atoms with Gasteiger partial charge in [-0.2, -0.15) is 5.26 Å². The Morgan fingerprint density at radius 3 is 1.90 bits per heavy atom. The van der Waals surface area contributed by atoms with Crippen LogP contribution in [-0.2, 0) is 5.41 Å². The third kappa shape index (κ3) is 4.73. The second-order valence-corrected chi connectivity index (χ2v) is 7.94. The van der Waals surface area contributed by atoms with Crippen LogP contribution in [0.4, 0.5) is 11.4 Å². The van der Waals surface area contributed by atoms with Crippen molar-refractivity contribution in [3.63, 3.8) is 0 Å². The third-order valence-corrected chi connectivity index (χ3v) is 4.67. The fourth-order valence-electron chi connectivity index (χ4n) is 3.13. The summed E-state index contributed by atoms with van der Waals surface area (Å²) in [6.45, 7) is 6.26. The summed E-state index contributed by atoms with van der Waals surface area (Å²) in [5, 5.41) is 14.9. The van der Waals surface area contributed by atoms with E-state index >= 15 is 0 Å². The van der Waals surface area contributed by atoms with E-state index in [0.717, 1.165) is 11.3 Å². The number of carbonyl (C=O) groups excluding carboxylic acids is 2. The lowest BCUT2D eigenvalue weighted by Crippen LogP contribution is -2.19. The van der Waals surface area contributed by atoms with Crippen molar-refractivity contribution in [3.05, 3.63) is 95.1 Å². The number of amides is 2. The molecule has 30 heavy (non-hydrogen) atoms. The Morgan fingerprint density at radius 2 is 1.30 bits per heavy atom. The predicted molar refractivity (Wildman–Crippen MR) is 119 cm³/mol. The van der Waals surface area contributed by atoms with Crippen molar-refractivity contribution in [1.29, 1.82) is 5.26 Å². The second-order valence-electron chi connectivity index (χ2n) is 7.94. The maximum atomic E-state index is 12.8. The minimum atomic E-state index is -0.387. The van der Waals surface area contributed by atoms with Crippen LogP contribution in [0.3, 0.4) is 0 Å². The van der Waals surface area contributed by atoms with Gasteiger partial charge in [0.25, 0.3) is 11.8 Å². The maximum Gasteiger partial charge on any atom is 0.255 e. The largest absolute Gasteiger partial charge is 0.322 e. The molecule has 0 atom stereocenters. The average Bonchev–Trinajstić information content (AvgIpc) is 2.74. The highest BCUT2D eigenvalue weighted by atomic mass is 16.2. The fraction of sp³-hybridized carbons (Fsp3) is 0.160. The molecular weight excluding hydrogens is 374 g/mol. The molecule has 0 aliphatic rings. The van der Waals surface area contributed by atoms with Gasteiger partial charge >= 0.3 is 0 Å². The molecule has 0 aliphatic heterocycles. The molecule has 0 unspecified atom stereocenters. The fourth-order valence-corrected chi connectivity index (χ4v) is 3.13. The molecule has 2 amide bonds. The number of hydrogen-bond acceptors (Lipinski definition) is 3. The summed E-state index contributed by atoms with van der Waals surface area (Å²) >= 11 is 0. The number of nitrogens with zero attached hydrogens (tertiary/aromatic N) is 1. The summed E-state index contributed by atoms with van der Waals surface area (Å²) in [6.07, 6.45) is 0. The first-order valence-electron chi connectivity index (χ1n) is 9.61. The molecular formula is C25H23N3O2. The minimum absolute atomic E-state index is 0.125. The molecule has 3 aromatic carbocycles. The van der Waals surface area contributed by atoms with E-state index in [0.29, 0.717) is 22.4 Å². The van der Waals surface area contributed by atoms with E-state index in [-0.39, 0.29) is 17.2 Å². The highest BCUT2D eigenvalue weighted by Gasteiger charge is 2.19. The normalized spacial score (nSPS) is 10.7. The van der Waals surface area contributed by atoms with Crippen molar-refractivity contribution < 1.29 is 9.59 Å². The Morgan fingerprint density at radius 1 is 0.767 bits per heavy atom. The maximum absolute atomic E-state index is 12.8. The quantitative estimate of drug-likeness (QED) is 0.622. The minimum Gasteiger partial charge on any atom is -0.322 e. The van der Waals surface area contributed by atoms with Gasteiger partial charge in [-0.05, 0) is 47.4 Å². The van der Waals surface area contributed by atoms with Gasteiger partial charge in [-0.1, -0.05) is 57.2 Å². The van der Waals surface area contributed by atoms with Gasteiger partial charge in [-0.3, -0.25) is 9.59 Å². The number of benzene rings is 3. The molecule has 0 aliphatic carbocycles. The molecule has 0 saturated carbocycles. The summed E-state index contributed by atoms with van der Waals surface area (Å²) < 4.78 is 0. The predicted octanol–water partition coefficient (Wildman–Crippen LogP) is 5.36. The van der Waals surface area contributed by atoms with Gasteiger partial charge in [0.2, 0.25) is 0 Å². The van der Waals surface area contributed by atoms with Gasteiger partial charge in [-0.15, -0.1) is 0 Å². The smallest absolute Gasteiger partial charge is 0.255 e. The lowest BCUT2D eigenvalue weighted by molar-refractivity contribution is 0.102. The van der Waals surface area contributed by atoms with Crippen LogP contribution in [0, 0.1) is 11.3 Å². The van der Waals surface area contributed by atoms with Crippen molar-refractivity contribution in [1.82, 2.24) is 0 Å². The van der Waals surface area contributed by atoms with Crippen molar-refractivity contribution >= 4 is 23.2 Å². The monoisotopic (exact) mass is 397 g/mol. The number of nitrogens with one attached hydrogen (secondary N) is 2. The van der Waals surface area contributed by atoms with E-state index in [4.69, 9.17) is 0 Å². The van der Waals surface area contributed by atoms with E-state index in [9.17, 15) is 14.9 Å². The first-order chi connectivity index (χ1) is 14.3. The molecule has 0 saturated heterocycles. The van der Waals surface area contributed by atoms with Gasteiger partial charge < -0.3 is 10.6 Å². The lowest BCUT2D eigenvalue weighted by atomic mass is 9.86. The SMILES string of the molecule is CC(C)(C)c1ccccc1NC(=O)c1cccc(C(=O)Nc2ccccc2C#N)c1. The molecule has 5 heteroatoms. The van der Waals surface area contributed by atoms with Crippen LogP contribution in [0.5, 0.6) is 0 Å². The van der Waals surface area contributed by atoms with Crippen LogP contribution in [0.1, 0.15) is 52.6 Å². The average molecular weight is 397 g/mol. The van der Waals surface area contributed by atoms with Crippen LogP contribution < -0.4 is 10.6 Å². The Bertz CT molecular complexity index is 1140. The van der Waals surface area contributed by atoms with E-state index in [1.165, 1.54) is 0 Å². The number of hydrogen-bond donors (Lipinski definition) is 2. The highest BCUT2D eigenvalue weighted by molar-refractivity contribution is 6.09. The first-order valence-corrected chi connectivity index (χ1v) is 9.61. The van der Waals surface area contributed by atoms with Crippen molar-refractivity contribution in [2.24, 2.45) is 0 Å². The van der Waals surface area contributed by atoms with Crippen LogP contribution in [-0.4, -0.2) is 11.8 Å². The summed E-state index contributed by atoms with van der Waals surface area (Å²) in [5.41, 5.74) is 3.16. The van der Waals surface area contributed by atoms with Crippen molar-refractivity contribution in [3.8, 4) is 6.07 Å². The van der Waals surface area contributed by atoms with E-state index in [1.807, 2.05) is 30.3 Å². The van der Waals surface area contributed by atoms with Crippen LogP contribution in [0.15, 0.2) is 72.8 Å². The molecule has 0 spiro atoms. The molecule has 0 bridgehead atoms. The summed E-state index contributed by atoms with van der Waals surface area (Å²) in [7, 11) is 0. The molecule has 0 radical (unpaired) electrons. The molecule has 0 heterocycles. The van der Waals surface area contributed by atoms with Gasteiger partial charge in [0.1, 0.15) is 6.07 Å². The molecule has 5 nitrogen and oxygen atoms in total. The van der Waals surface area contributed by atoms with Crippen molar-refractivity contribution in [2.45, 2.75) is 26.2 Å². The zero-order valence-electron chi connectivity index (χ0n) is 17.2. The molecule has 2 N–H and O–H groups in total. The molecule has 150 valence electrons. The number of anilines is 2. The van der Waals surface area contributed by atoms with Crippen LogP contribution >= 0.6 is 0 Å². The van der Waals surface area contributed by atoms with E-state index < -0.39 is 0 Å². The molecule has 3 rings (SSSR count). The van der Waals surface area contributed by atoms with E-state index in [2.05, 4.69) is 31.4 Å². The second kappa shape index (κ2) is 8.62.